The summed E-state index contributed by atoms with van der Waals surface area (Å²) in [4.78, 5) is 11.0. The molecule has 1 aromatic carbocycles. The van der Waals surface area contributed by atoms with Gasteiger partial charge >= 0.3 is 5.97 Å². The number of methoxy groups -OCH3 is 1. The van der Waals surface area contributed by atoms with Crippen molar-refractivity contribution in [2.24, 2.45) is 0 Å². The molecule has 20 heavy (non-hydrogen) atoms. The molecule has 0 aliphatic rings. The smallest absolute Gasteiger partial charge is 0.337 e. The van der Waals surface area contributed by atoms with Gasteiger partial charge in [-0.25, -0.2) is 4.79 Å². The molecule has 2 aromatic heterocycles. The summed E-state index contributed by atoms with van der Waals surface area (Å²) in [5.41, 5.74) is 1.62. The van der Waals surface area contributed by atoms with Crippen LogP contribution in [-0.4, -0.2) is 32.8 Å². The van der Waals surface area contributed by atoms with Crippen LogP contribution >= 0.6 is 0 Å². The van der Waals surface area contributed by atoms with Gasteiger partial charge in [-0.1, -0.05) is 0 Å². The Hall–Kier alpha value is -2.89. The monoisotopic (exact) mass is 269 g/mol. The van der Waals surface area contributed by atoms with Crippen LogP contribution in [0, 0.1) is 0 Å². The third-order valence-electron chi connectivity index (χ3n) is 3.00. The van der Waals surface area contributed by atoms with E-state index in [-0.39, 0.29) is 5.56 Å². The Morgan fingerprint density at radius 3 is 2.55 bits per heavy atom. The molecule has 0 radical (unpaired) electrons. The van der Waals surface area contributed by atoms with Crippen molar-refractivity contribution >= 4 is 11.6 Å². The summed E-state index contributed by atoms with van der Waals surface area (Å²) in [6.45, 7) is 0. The predicted octanol–water partition coefficient (Wildman–Crippen LogP) is 2.10. The first-order valence-electron chi connectivity index (χ1n) is 5.91. The third kappa shape index (κ3) is 1.97. The number of rotatable bonds is 3. The van der Waals surface area contributed by atoms with Gasteiger partial charge in [0.25, 0.3) is 0 Å². The van der Waals surface area contributed by atoms with E-state index in [1.165, 1.54) is 12.3 Å². The first-order valence-corrected chi connectivity index (χ1v) is 5.91. The largest absolute Gasteiger partial charge is 0.497 e. The van der Waals surface area contributed by atoms with Crippen molar-refractivity contribution in [3.05, 3.63) is 48.2 Å². The van der Waals surface area contributed by atoms with Gasteiger partial charge in [-0.15, -0.1) is 10.2 Å². The maximum absolute atomic E-state index is 11.0. The predicted molar refractivity (Wildman–Crippen MR) is 71.9 cm³/mol. The van der Waals surface area contributed by atoms with Gasteiger partial charge in [0.1, 0.15) is 5.75 Å². The number of hydrogen-bond acceptors (Lipinski definition) is 4. The Morgan fingerprint density at radius 1 is 1.15 bits per heavy atom. The fourth-order valence-corrected chi connectivity index (χ4v) is 1.95. The summed E-state index contributed by atoms with van der Waals surface area (Å²) < 4.78 is 6.76. The number of aromatic carboxylic acids is 1. The molecule has 3 rings (SSSR count). The highest BCUT2D eigenvalue weighted by Gasteiger charge is 2.11. The van der Waals surface area contributed by atoms with Crippen molar-refractivity contribution in [2.45, 2.75) is 0 Å². The minimum atomic E-state index is -0.985. The van der Waals surface area contributed by atoms with E-state index in [0.29, 0.717) is 11.5 Å². The molecule has 100 valence electrons. The van der Waals surface area contributed by atoms with E-state index in [0.717, 1.165) is 11.3 Å². The van der Waals surface area contributed by atoms with E-state index in [2.05, 4.69) is 10.2 Å². The molecule has 3 aromatic rings. The van der Waals surface area contributed by atoms with Crippen LogP contribution in [-0.2, 0) is 0 Å². The zero-order valence-corrected chi connectivity index (χ0v) is 10.6. The molecule has 0 aliphatic carbocycles. The average molecular weight is 269 g/mol. The Balaban J connectivity index is 2.14. The van der Waals surface area contributed by atoms with Gasteiger partial charge in [0.05, 0.1) is 12.7 Å². The topological polar surface area (TPSA) is 76.7 Å². The normalized spacial score (nSPS) is 10.7. The summed E-state index contributed by atoms with van der Waals surface area (Å²) >= 11 is 0. The molecule has 0 saturated carbocycles. The number of hydrogen-bond donors (Lipinski definition) is 1. The van der Waals surface area contributed by atoms with Gasteiger partial charge in [0.2, 0.25) is 0 Å². The molecule has 6 heteroatoms. The van der Waals surface area contributed by atoms with Crippen molar-refractivity contribution < 1.29 is 14.6 Å². The molecule has 0 spiro atoms. The lowest BCUT2D eigenvalue weighted by Gasteiger charge is -2.03. The molecule has 0 atom stereocenters. The zero-order valence-electron chi connectivity index (χ0n) is 10.6. The van der Waals surface area contributed by atoms with Crippen LogP contribution in [0.4, 0.5) is 0 Å². The molecule has 6 nitrogen and oxygen atoms in total. The van der Waals surface area contributed by atoms with E-state index in [1.54, 1.807) is 17.6 Å². The number of benzene rings is 1. The highest BCUT2D eigenvalue weighted by Crippen LogP contribution is 2.21. The first kappa shape index (κ1) is 12.2. The van der Waals surface area contributed by atoms with Crippen LogP contribution in [0.15, 0.2) is 42.6 Å². The third-order valence-corrected chi connectivity index (χ3v) is 3.00. The minimum absolute atomic E-state index is 0.187. The average Bonchev–Trinajstić information content (AvgIpc) is 2.90. The van der Waals surface area contributed by atoms with Crippen LogP contribution in [0.3, 0.4) is 0 Å². The lowest BCUT2D eigenvalue weighted by Crippen LogP contribution is -1.99. The fraction of sp³-hybridized carbons (Fsp3) is 0.0714. The van der Waals surface area contributed by atoms with Crippen molar-refractivity contribution in [1.29, 1.82) is 0 Å². The van der Waals surface area contributed by atoms with Crippen molar-refractivity contribution in [1.82, 2.24) is 14.6 Å². The number of carbonyl (C=O) groups is 1. The standard InChI is InChI=1S/C14H11N3O3/c1-20-11-5-2-9(3-6-11)13-16-15-12-7-4-10(14(18)19)8-17(12)13/h2-8H,1H3,(H,18,19). The number of carboxylic acids is 1. The summed E-state index contributed by atoms with van der Waals surface area (Å²) in [5, 5.41) is 17.2. The lowest BCUT2D eigenvalue weighted by atomic mass is 10.2. The maximum atomic E-state index is 11.0. The van der Waals surface area contributed by atoms with Crippen molar-refractivity contribution in [2.75, 3.05) is 7.11 Å². The molecule has 0 aliphatic heterocycles. The van der Waals surface area contributed by atoms with Crippen LogP contribution in [0.25, 0.3) is 17.0 Å². The molecule has 0 fully saturated rings. The van der Waals surface area contributed by atoms with Crippen molar-refractivity contribution in [3.8, 4) is 17.1 Å². The first-order chi connectivity index (χ1) is 9.69. The molecule has 0 bridgehead atoms. The van der Waals surface area contributed by atoms with Gasteiger partial charge in [-0.3, -0.25) is 4.40 Å². The van der Waals surface area contributed by atoms with Gasteiger partial charge < -0.3 is 9.84 Å². The van der Waals surface area contributed by atoms with Gasteiger partial charge in [0.15, 0.2) is 11.5 Å². The Morgan fingerprint density at radius 2 is 1.90 bits per heavy atom. The molecular formula is C14H11N3O3. The molecular weight excluding hydrogens is 258 g/mol. The maximum Gasteiger partial charge on any atom is 0.337 e. The van der Waals surface area contributed by atoms with Gasteiger partial charge in [-0.05, 0) is 36.4 Å². The minimum Gasteiger partial charge on any atom is -0.497 e. The van der Waals surface area contributed by atoms with E-state index >= 15 is 0 Å². The Labute approximate surface area is 114 Å². The van der Waals surface area contributed by atoms with E-state index in [1.807, 2.05) is 24.3 Å². The summed E-state index contributed by atoms with van der Waals surface area (Å²) in [7, 11) is 1.60. The number of pyridine rings is 1. The summed E-state index contributed by atoms with van der Waals surface area (Å²) in [6, 6.07) is 10.5. The Bertz CT molecular complexity index is 778. The van der Waals surface area contributed by atoms with Crippen LogP contribution in [0.5, 0.6) is 5.75 Å². The number of carboxylic acid groups (broad SMARTS) is 1. The van der Waals surface area contributed by atoms with E-state index in [9.17, 15) is 4.79 Å². The molecule has 1 N–H and O–H groups in total. The lowest BCUT2D eigenvalue weighted by molar-refractivity contribution is 0.0696. The fourth-order valence-electron chi connectivity index (χ4n) is 1.95. The summed E-state index contributed by atoms with van der Waals surface area (Å²) in [5.74, 6) is 0.348. The quantitative estimate of drug-likeness (QED) is 0.788. The van der Waals surface area contributed by atoms with Crippen LogP contribution in [0.1, 0.15) is 10.4 Å². The second kappa shape index (κ2) is 4.65. The number of ether oxygens (including phenoxy) is 1. The molecule has 2 heterocycles. The molecule has 0 unspecified atom stereocenters. The number of aromatic nitrogens is 3. The Kier molecular flexibility index (Phi) is 2.83. The number of nitrogens with zero attached hydrogens (tertiary/aromatic N) is 3. The highest BCUT2D eigenvalue weighted by atomic mass is 16.5. The van der Waals surface area contributed by atoms with Gasteiger partial charge in [-0.2, -0.15) is 0 Å². The highest BCUT2D eigenvalue weighted by molar-refractivity contribution is 5.87. The molecule has 0 saturated heterocycles. The van der Waals surface area contributed by atoms with E-state index in [4.69, 9.17) is 9.84 Å². The zero-order chi connectivity index (χ0) is 14.1. The molecule has 0 amide bonds. The second-order valence-corrected chi connectivity index (χ2v) is 4.20. The second-order valence-electron chi connectivity index (χ2n) is 4.20. The van der Waals surface area contributed by atoms with Crippen LogP contribution in [0.2, 0.25) is 0 Å². The van der Waals surface area contributed by atoms with Gasteiger partial charge in [0, 0.05) is 11.8 Å². The summed E-state index contributed by atoms with van der Waals surface area (Å²) in [6.07, 6.45) is 1.51. The van der Waals surface area contributed by atoms with Crippen LogP contribution < -0.4 is 4.74 Å². The van der Waals surface area contributed by atoms with Crippen molar-refractivity contribution in [3.63, 3.8) is 0 Å². The van der Waals surface area contributed by atoms with E-state index < -0.39 is 5.97 Å². The number of fused-ring (bicyclic) bond motifs is 1. The SMILES string of the molecule is COc1ccc(-c2nnc3ccc(C(=O)O)cn23)cc1.